The number of morpholine rings is 1. The SMILES string of the molecule is Cc1cnc(C2COCCN2C(=O)c2ccc3oc(C)cc3c2)[nH]1. The lowest BCUT2D eigenvalue weighted by Gasteiger charge is -2.34. The lowest BCUT2D eigenvalue weighted by Crippen LogP contribution is -2.43. The van der Waals surface area contributed by atoms with Gasteiger partial charge in [0.1, 0.15) is 23.2 Å². The number of carbonyl (C=O) groups is 1. The van der Waals surface area contributed by atoms with E-state index in [1.807, 2.05) is 43.0 Å². The Morgan fingerprint density at radius 1 is 1.33 bits per heavy atom. The number of aryl methyl sites for hydroxylation is 2. The van der Waals surface area contributed by atoms with E-state index in [1.54, 1.807) is 6.20 Å². The van der Waals surface area contributed by atoms with Gasteiger partial charge in [0.25, 0.3) is 5.91 Å². The fourth-order valence-corrected chi connectivity index (χ4v) is 3.15. The number of imidazole rings is 1. The molecule has 24 heavy (non-hydrogen) atoms. The molecular weight excluding hydrogens is 306 g/mol. The van der Waals surface area contributed by atoms with E-state index in [4.69, 9.17) is 9.15 Å². The normalized spacial score (nSPS) is 18.2. The molecule has 1 fully saturated rings. The Morgan fingerprint density at radius 2 is 2.21 bits per heavy atom. The van der Waals surface area contributed by atoms with Gasteiger partial charge in [-0.2, -0.15) is 0 Å². The Bertz CT molecular complexity index is 896. The molecule has 0 spiro atoms. The van der Waals surface area contributed by atoms with Crippen LogP contribution in [0.5, 0.6) is 0 Å². The molecule has 6 heteroatoms. The van der Waals surface area contributed by atoms with E-state index in [0.29, 0.717) is 25.3 Å². The maximum atomic E-state index is 13.0. The van der Waals surface area contributed by atoms with Gasteiger partial charge in [0.05, 0.1) is 13.2 Å². The average molecular weight is 325 g/mol. The van der Waals surface area contributed by atoms with Crippen molar-refractivity contribution in [3.05, 3.63) is 53.3 Å². The number of furan rings is 1. The van der Waals surface area contributed by atoms with E-state index >= 15 is 0 Å². The number of H-pyrrole nitrogens is 1. The Morgan fingerprint density at radius 3 is 3.00 bits per heavy atom. The molecule has 3 aromatic rings. The highest BCUT2D eigenvalue weighted by Gasteiger charge is 2.31. The zero-order valence-electron chi connectivity index (χ0n) is 13.7. The third-order valence-corrected chi connectivity index (χ3v) is 4.31. The van der Waals surface area contributed by atoms with E-state index in [1.165, 1.54) is 0 Å². The van der Waals surface area contributed by atoms with Gasteiger partial charge < -0.3 is 19.0 Å². The number of fused-ring (bicyclic) bond motifs is 1. The Hall–Kier alpha value is -2.60. The van der Waals surface area contributed by atoms with Crippen LogP contribution in [-0.4, -0.2) is 40.5 Å². The van der Waals surface area contributed by atoms with Crippen LogP contribution < -0.4 is 0 Å². The molecule has 0 aliphatic carbocycles. The van der Waals surface area contributed by atoms with Crippen molar-refractivity contribution in [2.45, 2.75) is 19.9 Å². The summed E-state index contributed by atoms with van der Waals surface area (Å²) >= 11 is 0. The number of nitrogens with one attached hydrogen (secondary N) is 1. The van der Waals surface area contributed by atoms with Gasteiger partial charge in [0.2, 0.25) is 0 Å². The molecule has 1 saturated heterocycles. The van der Waals surface area contributed by atoms with Crippen LogP contribution in [0.15, 0.2) is 34.9 Å². The second kappa shape index (κ2) is 5.79. The van der Waals surface area contributed by atoms with Gasteiger partial charge in [-0.25, -0.2) is 4.98 Å². The molecule has 1 aromatic carbocycles. The van der Waals surface area contributed by atoms with Crippen LogP contribution in [-0.2, 0) is 4.74 Å². The zero-order valence-corrected chi connectivity index (χ0v) is 13.7. The smallest absolute Gasteiger partial charge is 0.254 e. The molecule has 3 heterocycles. The Labute approximate surface area is 139 Å². The third kappa shape index (κ3) is 2.59. The van der Waals surface area contributed by atoms with Crippen LogP contribution in [0.4, 0.5) is 0 Å². The van der Waals surface area contributed by atoms with Gasteiger partial charge in [-0.3, -0.25) is 4.79 Å². The van der Waals surface area contributed by atoms with E-state index < -0.39 is 0 Å². The summed E-state index contributed by atoms with van der Waals surface area (Å²) in [5.74, 6) is 1.59. The van der Waals surface area contributed by atoms with Crippen molar-refractivity contribution < 1.29 is 13.9 Å². The quantitative estimate of drug-likeness (QED) is 0.786. The Balaban J connectivity index is 1.67. The van der Waals surface area contributed by atoms with Crippen molar-refractivity contribution in [2.24, 2.45) is 0 Å². The second-order valence-electron chi connectivity index (χ2n) is 6.15. The molecule has 0 radical (unpaired) electrons. The summed E-state index contributed by atoms with van der Waals surface area (Å²) in [6.07, 6.45) is 1.77. The highest BCUT2D eigenvalue weighted by Crippen LogP contribution is 2.26. The second-order valence-corrected chi connectivity index (χ2v) is 6.15. The minimum Gasteiger partial charge on any atom is -0.461 e. The molecule has 6 nitrogen and oxygen atoms in total. The van der Waals surface area contributed by atoms with E-state index in [2.05, 4.69) is 9.97 Å². The van der Waals surface area contributed by atoms with Crippen molar-refractivity contribution in [3.8, 4) is 0 Å². The summed E-state index contributed by atoms with van der Waals surface area (Å²) in [5.41, 5.74) is 2.42. The lowest BCUT2D eigenvalue weighted by atomic mass is 10.1. The van der Waals surface area contributed by atoms with Crippen LogP contribution in [0.2, 0.25) is 0 Å². The topological polar surface area (TPSA) is 71.4 Å². The fraction of sp³-hybridized carbons (Fsp3) is 0.333. The minimum atomic E-state index is -0.193. The molecule has 0 bridgehead atoms. The molecule has 1 N–H and O–H groups in total. The summed E-state index contributed by atoms with van der Waals surface area (Å²) in [7, 11) is 0. The molecule has 1 aliphatic rings. The maximum absolute atomic E-state index is 13.0. The van der Waals surface area contributed by atoms with Crippen LogP contribution >= 0.6 is 0 Å². The van der Waals surface area contributed by atoms with E-state index in [9.17, 15) is 4.79 Å². The first-order valence-corrected chi connectivity index (χ1v) is 8.02. The number of nitrogens with zero attached hydrogens (tertiary/aromatic N) is 2. The maximum Gasteiger partial charge on any atom is 0.254 e. The van der Waals surface area contributed by atoms with Crippen molar-refractivity contribution in [1.29, 1.82) is 0 Å². The summed E-state index contributed by atoms with van der Waals surface area (Å²) in [6.45, 7) is 5.38. The average Bonchev–Trinajstić information content (AvgIpc) is 3.18. The summed E-state index contributed by atoms with van der Waals surface area (Å²) < 4.78 is 11.1. The van der Waals surface area contributed by atoms with Gasteiger partial charge in [-0.15, -0.1) is 0 Å². The molecule has 0 saturated carbocycles. The molecule has 124 valence electrons. The monoisotopic (exact) mass is 325 g/mol. The highest BCUT2D eigenvalue weighted by atomic mass is 16.5. The molecule has 1 atom stereocenters. The molecule has 4 rings (SSSR count). The zero-order chi connectivity index (χ0) is 16.7. The molecular formula is C18H19N3O3. The lowest BCUT2D eigenvalue weighted by molar-refractivity contribution is -0.00500. The summed E-state index contributed by atoms with van der Waals surface area (Å²) in [6, 6.07) is 7.30. The van der Waals surface area contributed by atoms with Crippen molar-refractivity contribution in [2.75, 3.05) is 19.8 Å². The number of hydrogen-bond acceptors (Lipinski definition) is 4. The molecule has 2 aromatic heterocycles. The van der Waals surface area contributed by atoms with Crippen molar-refractivity contribution in [3.63, 3.8) is 0 Å². The van der Waals surface area contributed by atoms with Gasteiger partial charge >= 0.3 is 0 Å². The largest absolute Gasteiger partial charge is 0.461 e. The third-order valence-electron chi connectivity index (χ3n) is 4.31. The molecule has 1 amide bonds. The summed E-state index contributed by atoms with van der Waals surface area (Å²) in [4.78, 5) is 22.5. The standard InChI is InChI=1S/C18H19N3O3/c1-11-9-19-17(20-11)15-10-23-6-5-21(15)18(22)13-3-4-16-14(8-13)7-12(2)24-16/h3-4,7-9,15H,5-6,10H2,1-2H3,(H,19,20). The van der Waals surface area contributed by atoms with Gasteiger partial charge in [-0.1, -0.05) is 0 Å². The van der Waals surface area contributed by atoms with Crippen molar-refractivity contribution in [1.82, 2.24) is 14.9 Å². The minimum absolute atomic E-state index is 0.0156. The van der Waals surface area contributed by atoms with Crippen LogP contribution in [0.1, 0.15) is 33.7 Å². The van der Waals surface area contributed by atoms with Crippen LogP contribution in [0.25, 0.3) is 11.0 Å². The number of hydrogen-bond donors (Lipinski definition) is 1. The first kappa shape index (κ1) is 15.0. The number of aromatic amines is 1. The van der Waals surface area contributed by atoms with Gasteiger partial charge in [0, 0.05) is 29.4 Å². The predicted octanol–water partition coefficient (Wildman–Crippen LogP) is 2.99. The van der Waals surface area contributed by atoms with E-state index in [0.717, 1.165) is 28.2 Å². The number of carbonyl (C=O) groups excluding carboxylic acids is 1. The number of aromatic nitrogens is 2. The number of ether oxygens (including phenoxy) is 1. The van der Waals surface area contributed by atoms with Crippen LogP contribution in [0.3, 0.4) is 0 Å². The highest BCUT2D eigenvalue weighted by molar-refractivity contribution is 5.98. The van der Waals surface area contributed by atoms with Crippen molar-refractivity contribution >= 4 is 16.9 Å². The van der Waals surface area contributed by atoms with Gasteiger partial charge in [-0.05, 0) is 38.1 Å². The first-order valence-electron chi connectivity index (χ1n) is 8.02. The number of benzene rings is 1. The Kier molecular flexibility index (Phi) is 3.61. The number of rotatable bonds is 2. The molecule has 1 unspecified atom stereocenters. The summed E-state index contributed by atoms with van der Waals surface area (Å²) in [5, 5.41) is 0.942. The number of amides is 1. The van der Waals surface area contributed by atoms with Crippen LogP contribution in [0, 0.1) is 13.8 Å². The molecule has 1 aliphatic heterocycles. The van der Waals surface area contributed by atoms with E-state index in [-0.39, 0.29) is 11.9 Å². The predicted molar refractivity (Wildman–Crippen MR) is 88.9 cm³/mol. The fourth-order valence-electron chi connectivity index (χ4n) is 3.15. The first-order chi connectivity index (χ1) is 11.6. The van der Waals surface area contributed by atoms with Gasteiger partial charge in [0.15, 0.2) is 0 Å².